The normalized spacial score (nSPS) is 18.0. The molecule has 0 unspecified atom stereocenters. The van der Waals surface area contributed by atoms with Crippen LogP contribution in [0.15, 0.2) is 59.8 Å². The van der Waals surface area contributed by atoms with Gasteiger partial charge in [-0.15, -0.1) is 11.8 Å². The van der Waals surface area contributed by atoms with Crippen molar-refractivity contribution in [2.75, 3.05) is 24.0 Å². The van der Waals surface area contributed by atoms with E-state index in [1.807, 2.05) is 0 Å². The molecule has 1 aliphatic carbocycles. The van der Waals surface area contributed by atoms with Crippen LogP contribution in [0.3, 0.4) is 0 Å². The van der Waals surface area contributed by atoms with E-state index in [1.54, 1.807) is 0 Å². The van der Waals surface area contributed by atoms with Crippen molar-refractivity contribution in [3.63, 3.8) is 0 Å². The molecule has 2 aliphatic rings. The lowest BCUT2D eigenvalue weighted by Gasteiger charge is -2.26. The molecule has 15 heteroatoms. The fourth-order valence-corrected chi connectivity index (χ4v) is 8.06. The maximum absolute atomic E-state index is 13.7. The van der Waals surface area contributed by atoms with Crippen molar-refractivity contribution in [3.8, 4) is 11.5 Å². The van der Waals surface area contributed by atoms with E-state index < -0.39 is 34.7 Å². The number of aromatic nitrogens is 1. The lowest BCUT2D eigenvalue weighted by Crippen LogP contribution is -2.43. The Kier molecular flexibility index (Phi) is 9.86. The molecule has 2 heterocycles. The number of alkyl halides is 2. The summed E-state index contributed by atoms with van der Waals surface area (Å²) in [5.74, 6) is -0.395. The van der Waals surface area contributed by atoms with Gasteiger partial charge in [-0.2, -0.15) is 13.1 Å². The molecule has 1 aliphatic heterocycles. The summed E-state index contributed by atoms with van der Waals surface area (Å²) in [5.41, 5.74) is 6.91. The molecule has 5 rings (SSSR count). The fraction of sp³-hybridized carbons (Fsp3) is 0.357. The Morgan fingerprint density at radius 1 is 1.09 bits per heavy atom. The highest BCUT2D eigenvalue weighted by atomic mass is 35.5. The molecule has 1 saturated heterocycles. The van der Waals surface area contributed by atoms with E-state index in [0.29, 0.717) is 29.3 Å². The van der Waals surface area contributed by atoms with Gasteiger partial charge in [-0.1, -0.05) is 29.3 Å². The van der Waals surface area contributed by atoms with Crippen LogP contribution in [-0.2, 0) is 26.0 Å². The van der Waals surface area contributed by atoms with Gasteiger partial charge >= 0.3 is 12.6 Å². The van der Waals surface area contributed by atoms with E-state index in [2.05, 4.69) is 9.72 Å². The quantitative estimate of drug-likeness (QED) is 0.184. The number of halogens is 4. The minimum absolute atomic E-state index is 0.0130. The summed E-state index contributed by atoms with van der Waals surface area (Å²) >= 11 is 14.0. The number of carbonyl (C=O) groups is 1. The summed E-state index contributed by atoms with van der Waals surface area (Å²) in [6.07, 6.45) is 3.65. The second-order valence-electron chi connectivity index (χ2n) is 10.0. The van der Waals surface area contributed by atoms with E-state index in [-0.39, 0.29) is 44.5 Å². The lowest BCUT2D eigenvalue weighted by atomic mass is 10.0. The monoisotopic (exact) mass is 673 g/mol. The van der Waals surface area contributed by atoms with Crippen molar-refractivity contribution in [2.45, 2.75) is 42.9 Å². The van der Waals surface area contributed by atoms with Crippen LogP contribution in [0.1, 0.15) is 30.1 Å². The first-order valence-corrected chi connectivity index (χ1v) is 16.5. The van der Waals surface area contributed by atoms with E-state index in [9.17, 15) is 22.0 Å². The molecule has 0 amide bonds. The van der Waals surface area contributed by atoms with Crippen LogP contribution in [0.2, 0.25) is 10.0 Å². The number of anilines is 1. The molecule has 2 aromatic carbocycles. The molecule has 9 nitrogen and oxygen atoms in total. The molecular formula is C28H27Cl2F2N3O6S2. The molecule has 43 heavy (non-hydrogen) atoms. The van der Waals surface area contributed by atoms with Crippen LogP contribution in [0.25, 0.3) is 0 Å². The topological polar surface area (TPSA) is 121 Å². The Morgan fingerprint density at radius 3 is 2.44 bits per heavy atom. The summed E-state index contributed by atoms with van der Waals surface area (Å²) < 4.78 is 70.6. The number of carbonyl (C=O) groups excluding carboxylic acids is 1. The molecule has 0 radical (unpaired) electrons. The summed E-state index contributed by atoms with van der Waals surface area (Å²) in [6, 6.07) is 8.78. The zero-order chi connectivity index (χ0) is 30.7. The van der Waals surface area contributed by atoms with Crippen LogP contribution in [0.4, 0.5) is 14.5 Å². The average molecular weight is 675 g/mol. The maximum Gasteiger partial charge on any atom is 0.387 e. The number of esters is 1. The molecule has 1 aromatic heterocycles. The third-order valence-corrected chi connectivity index (χ3v) is 10.6. The van der Waals surface area contributed by atoms with Gasteiger partial charge in [-0.05, 0) is 66.3 Å². The Balaban J connectivity index is 1.46. The van der Waals surface area contributed by atoms with Crippen molar-refractivity contribution >= 4 is 56.6 Å². The molecule has 2 atom stereocenters. The first-order valence-electron chi connectivity index (χ1n) is 13.2. The SMILES string of the molecule is Nc1ccc(S(=O)(=O)N2CSC[C@H]2C(=O)O[C@@H](Cc2c(Cl)cncc2Cl)c2ccc(OC(F)F)c(OCC3CC3)c2)cc1. The standard InChI is InChI=1S/C28H27Cl2F2N3O6S2/c29-21-11-34-12-22(30)20(21)10-25(17-3-8-24(41-28(31)32)26(9-17)39-13-16-1-2-16)40-27(36)23-14-42-15-35(23)43(37,38)19-6-4-18(33)5-7-19/h3-9,11-12,16,23,25,28H,1-2,10,13-15,33H2/t23-,25-/m0/s1. The maximum atomic E-state index is 13.7. The van der Waals surface area contributed by atoms with E-state index in [0.717, 1.165) is 17.1 Å². The highest BCUT2D eigenvalue weighted by Gasteiger charge is 2.42. The van der Waals surface area contributed by atoms with Gasteiger partial charge in [0, 0.05) is 30.3 Å². The summed E-state index contributed by atoms with van der Waals surface area (Å²) in [5, 5.41) is 0.445. The molecule has 230 valence electrons. The highest BCUT2D eigenvalue weighted by molar-refractivity contribution is 8.00. The van der Waals surface area contributed by atoms with Gasteiger partial charge in [0.15, 0.2) is 11.5 Å². The predicted molar refractivity (Wildman–Crippen MR) is 159 cm³/mol. The lowest BCUT2D eigenvalue weighted by molar-refractivity contribution is -0.152. The average Bonchev–Trinajstić information content (AvgIpc) is 3.65. The second kappa shape index (κ2) is 13.4. The molecule has 1 saturated carbocycles. The molecule has 2 N–H and O–H groups in total. The molecular weight excluding hydrogens is 647 g/mol. The van der Waals surface area contributed by atoms with Crippen LogP contribution in [0.5, 0.6) is 11.5 Å². The number of nitrogens with zero attached hydrogens (tertiary/aromatic N) is 2. The van der Waals surface area contributed by atoms with Gasteiger partial charge in [-0.3, -0.25) is 9.78 Å². The predicted octanol–water partition coefficient (Wildman–Crippen LogP) is 5.95. The number of hydrogen-bond acceptors (Lipinski definition) is 9. The Hall–Kier alpha value is -2.84. The third-order valence-electron chi connectivity index (χ3n) is 6.93. The number of nitrogens with two attached hydrogens (primary N) is 1. The first-order chi connectivity index (χ1) is 20.5. The summed E-state index contributed by atoms with van der Waals surface area (Å²) in [6.45, 7) is -2.77. The minimum atomic E-state index is -4.06. The number of sulfonamides is 1. The smallest absolute Gasteiger partial charge is 0.387 e. The number of pyridine rings is 1. The number of hydrogen-bond donors (Lipinski definition) is 1. The van der Waals surface area contributed by atoms with Gasteiger partial charge in [0.25, 0.3) is 0 Å². The molecule has 3 aromatic rings. The van der Waals surface area contributed by atoms with Gasteiger partial charge in [0.05, 0.1) is 27.4 Å². The van der Waals surface area contributed by atoms with Crippen LogP contribution < -0.4 is 15.2 Å². The first kappa shape index (κ1) is 31.6. The second-order valence-corrected chi connectivity index (χ2v) is 13.7. The van der Waals surface area contributed by atoms with Gasteiger partial charge in [0.2, 0.25) is 10.0 Å². The van der Waals surface area contributed by atoms with Crippen molar-refractivity contribution in [2.24, 2.45) is 5.92 Å². The van der Waals surface area contributed by atoms with E-state index in [1.165, 1.54) is 66.6 Å². The molecule has 2 fully saturated rings. The number of nitrogen functional groups attached to an aromatic ring is 1. The molecule has 0 spiro atoms. The van der Waals surface area contributed by atoms with Crippen molar-refractivity contribution in [1.29, 1.82) is 0 Å². The zero-order valence-corrected chi connectivity index (χ0v) is 25.6. The van der Waals surface area contributed by atoms with Gasteiger partial charge in [0.1, 0.15) is 12.1 Å². The number of thioether (sulfide) groups is 1. The van der Waals surface area contributed by atoms with Crippen molar-refractivity contribution < 1.29 is 36.2 Å². The van der Waals surface area contributed by atoms with Gasteiger partial charge < -0.3 is 19.9 Å². The number of benzene rings is 2. The van der Waals surface area contributed by atoms with E-state index >= 15 is 0 Å². The van der Waals surface area contributed by atoms with Crippen LogP contribution in [-0.4, -0.2) is 54.6 Å². The summed E-state index contributed by atoms with van der Waals surface area (Å²) in [7, 11) is -4.06. The molecule has 0 bridgehead atoms. The largest absolute Gasteiger partial charge is 0.489 e. The third kappa shape index (κ3) is 7.63. The minimum Gasteiger partial charge on any atom is -0.489 e. The fourth-order valence-electron chi connectivity index (χ4n) is 4.41. The highest BCUT2D eigenvalue weighted by Crippen LogP contribution is 2.39. The Bertz CT molecular complexity index is 1560. The van der Waals surface area contributed by atoms with E-state index in [4.69, 9.17) is 38.4 Å². The Morgan fingerprint density at radius 2 is 1.79 bits per heavy atom. The number of rotatable bonds is 12. The van der Waals surface area contributed by atoms with Crippen LogP contribution >= 0.6 is 35.0 Å². The van der Waals surface area contributed by atoms with Crippen molar-refractivity contribution in [3.05, 3.63) is 76.0 Å². The Labute approximate surface area is 261 Å². The number of ether oxygens (including phenoxy) is 3. The van der Waals surface area contributed by atoms with Crippen molar-refractivity contribution in [1.82, 2.24) is 9.29 Å². The van der Waals surface area contributed by atoms with Crippen LogP contribution in [0, 0.1) is 5.92 Å². The zero-order valence-electron chi connectivity index (χ0n) is 22.5. The van der Waals surface area contributed by atoms with Gasteiger partial charge in [-0.25, -0.2) is 8.42 Å². The summed E-state index contributed by atoms with van der Waals surface area (Å²) in [4.78, 5) is 17.6.